The molecule has 1 unspecified atom stereocenters. The van der Waals surface area contributed by atoms with Gasteiger partial charge in [-0.25, -0.2) is 4.79 Å². The standard InChI is InChI=1S/C17H14BrNO3/c18-14-9-6-12(7-10-14)8-11-15(20)22-16(17(19)21)13-4-2-1-3-5-13/h1-11,16H,(H2,19,21)/b11-8+. The number of nitrogens with two attached hydrogens (primary N) is 1. The lowest BCUT2D eigenvalue weighted by molar-refractivity contribution is -0.150. The molecule has 0 aromatic heterocycles. The van der Waals surface area contributed by atoms with Crippen LogP contribution in [0.25, 0.3) is 6.08 Å². The fourth-order valence-electron chi connectivity index (χ4n) is 1.81. The normalized spacial score (nSPS) is 12.0. The van der Waals surface area contributed by atoms with Gasteiger partial charge in [-0.15, -0.1) is 0 Å². The zero-order valence-corrected chi connectivity index (χ0v) is 13.2. The molecule has 1 atom stereocenters. The Labute approximate surface area is 136 Å². The topological polar surface area (TPSA) is 69.4 Å². The van der Waals surface area contributed by atoms with Gasteiger partial charge in [0.2, 0.25) is 6.10 Å². The van der Waals surface area contributed by atoms with Crippen molar-refractivity contribution in [2.75, 3.05) is 0 Å². The van der Waals surface area contributed by atoms with Gasteiger partial charge in [-0.2, -0.15) is 0 Å². The predicted octanol–water partition coefficient (Wildman–Crippen LogP) is 3.23. The first-order valence-corrected chi connectivity index (χ1v) is 7.34. The van der Waals surface area contributed by atoms with Gasteiger partial charge in [0.25, 0.3) is 5.91 Å². The molecule has 2 aromatic carbocycles. The largest absolute Gasteiger partial charge is 0.444 e. The van der Waals surface area contributed by atoms with Crippen molar-refractivity contribution in [1.82, 2.24) is 0 Å². The van der Waals surface area contributed by atoms with Crippen LogP contribution in [0.3, 0.4) is 0 Å². The Morgan fingerprint density at radius 1 is 1.05 bits per heavy atom. The van der Waals surface area contributed by atoms with Crippen molar-refractivity contribution >= 4 is 33.9 Å². The zero-order valence-electron chi connectivity index (χ0n) is 11.6. The highest BCUT2D eigenvalue weighted by Crippen LogP contribution is 2.17. The molecular weight excluding hydrogens is 346 g/mol. The molecule has 0 fully saturated rings. The Morgan fingerprint density at radius 2 is 1.68 bits per heavy atom. The summed E-state index contributed by atoms with van der Waals surface area (Å²) in [5.74, 6) is -1.34. The first kappa shape index (κ1) is 16.0. The van der Waals surface area contributed by atoms with Crippen LogP contribution in [0, 0.1) is 0 Å². The van der Waals surface area contributed by atoms with Crippen molar-refractivity contribution in [3.63, 3.8) is 0 Å². The number of rotatable bonds is 5. The van der Waals surface area contributed by atoms with E-state index in [4.69, 9.17) is 10.5 Å². The van der Waals surface area contributed by atoms with Gasteiger partial charge in [0, 0.05) is 16.1 Å². The molecular formula is C17H14BrNO3. The summed E-state index contributed by atoms with van der Waals surface area (Å²) in [7, 11) is 0. The minimum absolute atomic E-state index is 0.542. The van der Waals surface area contributed by atoms with E-state index >= 15 is 0 Å². The Bertz CT molecular complexity index is 681. The second kappa shape index (κ2) is 7.56. The highest BCUT2D eigenvalue weighted by atomic mass is 79.9. The van der Waals surface area contributed by atoms with E-state index in [2.05, 4.69) is 15.9 Å². The second-order valence-electron chi connectivity index (χ2n) is 4.51. The van der Waals surface area contributed by atoms with Crippen LogP contribution >= 0.6 is 15.9 Å². The van der Waals surface area contributed by atoms with Gasteiger partial charge in [-0.1, -0.05) is 58.4 Å². The Kier molecular flexibility index (Phi) is 5.49. The van der Waals surface area contributed by atoms with Crippen LogP contribution in [0.2, 0.25) is 0 Å². The molecule has 0 saturated heterocycles. The summed E-state index contributed by atoms with van der Waals surface area (Å²) in [6.07, 6.45) is 1.78. The van der Waals surface area contributed by atoms with Crippen molar-refractivity contribution in [1.29, 1.82) is 0 Å². The van der Waals surface area contributed by atoms with E-state index in [0.717, 1.165) is 10.0 Å². The van der Waals surface area contributed by atoms with Crippen molar-refractivity contribution < 1.29 is 14.3 Å². The van der Waals surface area contributed by atoms with Crippen LogP contribution in [0.15, 0.2) is 65.1 Å². The van der Waals surface area contributed by atoms with E-state index in [-0.39, 0.29) is 0 Å². The quantitative estimate of drug-likeness (QED) is 0.658. The minimum atomic E-state index is -1.09. The molecule has 2 rings (SSSR count). The van der Waals surface area contributed by atoms with E-state index in [0.29, 0.717) is 5.56 Å². The van der Waals surface area contributed by atoms with Gasteiger partial charge in [0.1, 0.15) is 0 Å². The Hall–Kier alpha value is -2.40. The molecule has 112 valence electrons. The number of esters is 1. The van der Waals surface area contributed by atoms with Gasteiger partial charge in [-0.05, 0) is 23.8 Å². The summed E-state index contributed by atoms with van der Waals surface area (Å²) in [6, 6.07) is 16.1. The minimum Gasteiger partial charge on any atom is -0.444 e. The average Bonchev–Trinajstić information content (AvgIpc) is 2.52. The van der Waals surface area contributed by atoms with Gasteiger partial charge >= 0.3 is 5.97 Å². The van der Waals surface area contributed by atoms with Crippen LogP contribution in [0.4, 0.5) is 0 Å². The lowest BCUT2D eigenvalue weighted by Crippen LogP contribution is -2.25. The SMILES string of the molecule is NC(=O)C(OC(=O)/C=C/c1ccc(Br)cc1)c1ccccc1. The molecule has 0 aliphatic rings. The van der Waals surface area contributed by atoms with Crippen LogP contribution < -0.4 is 5.73 Å². The molecule has 0 aliphatic heterocycles. The summed E-state index contributed by atoms with van der Waals surface area (Å²) in [6.45, 7) is 0. The Morgan fingerprint density at radius 3 is 2.27 bits per heavy atom. The van der Waals surface area contributed by atoms with Crippen molar-refractivity contribution in [3.05, 3.63) is 76.3 Å². The van der Waals surface area contributed by atoms with E-state index in [1.54, 1.807) is 36.4 Å². The van der Waals surface area contributed by atoms with Crippen LogP contribution in [0.1, 0.15) is 17.2 Å². The lowest BCUT2D eigenvalue weighted by Gasteiger charge is -2.13. The summed E-state index contributed by atoms with van der Waals surface area (Å²) in [5, 5.41) is 0. The van der Waals surface area contributed by atoms with Gasteiger partial charge < -0.3 is 10.5 Å². The fraction of sp³-hybridized carbons (Fsp3) is 0.0588. The van der Waals surface area contributed by atoms with Crippen LogP contribution in [-0.4, -0.2) is 11.9 Å². The highest BCUT2D eigenvalue weighted by molar-refractivity contribution is 9.10. The van der Waals surface area contributed by atoms with E-state index < -0.39 is 18.0 Å². The monoisotopic (exact) mass is 359 g/mol. The predicted molar refractivity (Wildman–Crippen MR) is 87.6 cm³/mol. The molecule has 0 heterocycles. The average molecular weight is 360 g/mol. The molecule has 5 heteroatoms. The maximum absolute atomic E-state index is 11.8. The number of halogens is 1. The maximum atomic E-state index is 11.8. The molecule has 22 heavy (non-hydrogen) atoms. The summed E-state index contributed by atoms with van der Waals surface area (Å²) < 4.78 is 6.08. The van der Waals surface area contributed by atoms with Crippen LogP contribution in [0.5, 0.6) is 0 Å². The summed E-state index contributed by atoms with van der Waals surface area (Å²) in [5.41, 5.74) is 6.68. The molecule has 0 bridgehead atoms. The van der Waals surface area contributed by atoms with Crippen molar-refractivity contribution in [2.24, 2.45) is 5.73 Å². The molecule has 0 radical (unpaired) electrons. The molecule has 2 aromatic rings. The number of carbonyl (C=O) groups excluding carboxylic acids is 2. The zero-order chi connectivity index (χ0) is 15.9. The van der Waals surface area contributed by atoms with Gasteiger partial charge in [0.05, 0.1) is 0 Å². The fourth-order valence-corrected chi connectivity index (χ4v) is 2.08. The third-order valence-corrected chi connectivity index (χ3v) is 3.41. The molecule has 1 amide bonds. The summed E-state index contributed by atoms with van der Waals surface area (Å²) in [4.78, 5) is 23.3. The van der Waals surface area contributed by atoms with Gasteiger partial charge in [0.15, 0.2) is 0 Å². The van der Waals surface area contributed by atoms with E-state index in [9.17, 15) is 9.59 Å². The number of benzene rings is 2. The number of carbonyl (C=O) groups is 2. The molecule has 2 N–H and O–H groups in total. The number of ether oxygens (including phenoxy) is 1. The number of amides is 1. The first-order chi connectivity index (χ1) is 10.6. The molecule has 0 aliphatic carbocycles. The maximum Gasteiger partial charge on any atom is 0.331 e. The number of primary amides is 1. The second-order valence-corrected chi connectivity index (χ2v) is 5.43. The summed E-state index contributed by atoms with van der Waals surface area (Å²) >= 11 is 3.33. The lowest BCUT2D eigenvalue weighted by atomic mass is 10.1. The van der Waals surface area contributed by atoms with Crippen molar-refractivity contribution in [3.8, 4) is 0 Å². The molecule has 0 saturated carbocycles. The molecule has 0 spiro atoms. The van der Waals surface area contributed by atoms with Gasteiger partial charge in [-0.3, -0.25) is 4.79 Å². The number of hydrogen-bond donors (Lipinski definition) is 1. The highest BCUT2D eigenvalue weighted by Gasteiger charge is 2.21. The van der Waals surface area contributed by atoms with E-state index in [1.165, 1.54) is 6.08 Å². The number of hydrogen-bond acceptors (Lipinski definition) is 3. The van der Waals surface area contributed by atoms with Crippen LogP contribution in [-0.2, 0) is 14.3 Å². The molecule has 4 nitrogen and oxygen atoms in total. The smallest absolute Gasteiger partial charge is 0.331 e. The van der Waals surface area contributed by atoms with Crippen molar-refractivity contribution in [2.45, 2.75) is 6.10 Å². The Balaban J connectivity index is 2.06. The first-order valence-electron chi connectivity index (χ1n) is 6.55. The third kappa shape index (κ3) is 4.56. The third-order valence-electron chi connectivity index (χ3n) is 2.88. The van der Waals surface area contributed by atoms with E-state index in [1.807, 2.05) is 24.3 Å².